The lowest BCUT2D eigenvalue weighted by atomic mass is 10.0. The summed E-state index contributed by atoms with van der Waals surface area (Å²) in [5.74, 6) is 0.754. The number of methoxy groups -OCH3 is 1. The molecule has 0 radical (unpaired) electrons. The minimum absolute atomic E-state index is 0.0183. The maximum atomic E-state index is 13.0. The molecule has 1 aliphatic heterocycles. The Labute approximate surface area is 172 Å². The lowest BCUT2D eigenvalue weighted by molar-refractivity contribution is -0.132. The highest BCUT2D eigenvalue weighted by Gasteiger charge is 2.30. The van der Waals surface area contributed by atoms with Crippen molar-refractivity contribution in [3.63, 3.8) is 0 Å². The monoisotopic (exact) mass is 395 g/mol. The van der Waals surface area contributed by atoms with Crippen LogP contribution >= 0.6 is 0 Å². The summed E-state index contributed by atoms with van der Waals surface area (Å²) in [6, 6.07) is 15.3. The summed E-state index contributed by atoms with van der Waals surface area (Å²) in [5.41, 5.74) is 2.78. The summed E-state index contributed by atoms with van der Waals surface area (Å²) in [6.07, 6.45) is 2.77. The third-order valence-electron chi connectivity index (χ3n) is 5.29. The van der Waals surface area contributed by atoms with Gasteiger partial charge in [0.25, 0.3) is 0 Å². The number of carbonyl (C=O) groups is 2. The van der Waals surface area contributed by atoms with Crippen LogP contribution in [-0.4, -0.2) is 62.0 Å². The van der Waals surface area contributed by atoms with Crippen molar-refractivity contribution in [1.82, 2.24) is 9.80 Å². The average molecular weight is 396 g/mol. The second-order valence-corrected chi connectivity index (χ2v) is 7.57. The molecule has 1 aliphatic rings. The van der Waals surface area contributed by atoms with Crippen LogP contribution in [0, 0.1) is 0 Å². The van der Waals surface area contributed by atoms with E-state index in [2.05, 4.69) is 5.32 Å². The van der Waals surface area contributed by atoms with E-state index in [-0.39, 0.29) is 24.4 Å². The number of likely N-dealkylation sites (N-methyl/N-ethyl adjacent to an activating group) is 1. The minimum Gasteiger partial charge on any atom is -0.497 e. The molecule has 2 aromatic rings. The molecule has 3 rings (SSSR count). The van der Waals surface area contributed by atoms with E-state index in [0.717, 1.165) is 48.4 Å². The van der Waals surface area contributed by atoms with E-state index in [1.807, 2.05) is 53.4 Å². The molecule has 1 unspecified atom stereocenters. The van der Waals surface area contributed by atoms with Crippen molar-refractivity contribution in [3.8, 4) is 16.9 Å². The Balaban J connectivity index is 1.73. The van der Waals surface area contributed by atoms with Gasteiger partial charge in [-0.05, 0) is 54.8 Å². The Bertz CT molecular complexity index is 866. The molecule has 29 heavy (non-hydrogen) atoms. The van der Waals surface area contributed by atoms with E-state index in [9.17, 15) is 9.59 Å². The number of likely N-dealkylation sites (tertiary alicyclic amines) is 1. The van der Waals surface area contributed by atoms with Crippen LogP contribution in [0.1, 0.15) is 19.3 Å². The van der Waals surface area contributed by atoms with Crippen LogP contribution in [0.2, 0.25) is 0 Å². The smallest absolute Gasteiger partial charge is 0.241 e. The van der Waals surface area contributed by atoms with Gasteiger partial charge in [0, 0.05) is 19.8 Å². The van der Waals surface area contributed by atoms with E-state index in [4.69, 9.17) is 4.74 Å². The van der Waals surface area contributed by atoms with Crippen LogP contribution in [0.3, 0.4) is 0 Å². The average Bonchev–Trinajstić information content (AvgIpc) is 2.74. The summed E-state index contributed by atoms with van der Waals surface area (Å²) >= 11 is 0. The van der Waals surface area contributed by atoms with Gasteiger partial charge in [-0.25, -0.2) is 0 Å². The third kappa shape index (κ3) is 5.35. The van der Waals surface area contributed by atoms with Crippen molar-refractivity contribution in [2.45, 2.75) is 25.3 Å². The van der Waals surface area contributed by atoms with Gasteiger partial charge in [0.05, 0.1) is 19.7 Å². The number of nitrogens with one attached hydrogen (secondary N) is 1. The fourth-order valence-electron chi connectivity index (χ4n) is 3.60. The Morgan fingerprint density at radius 3 is 2.55 bits per heavy atom. The molecule has 154 valence electrons. The van der Waals surface area contributed by atoms with Crippen LogP contribution in [-0.2, 0) is 9.59 Å². The van der Waals surface area contributed by atoms with Gasteiger partial charge in [0.1, 0.15) is 5.75 Å². The second-order valence-electron chi connectivity index (χ2n) is 7.57. The van der Waals surface area contributed by atoms with Gasteiger partial charge in [0.2, 0.25) is 11.8 Å². The number of piperidine rings is 1. The fourth-order valence-corrected chi connectivity index (χ4v) is 3.60. The SMILES string of the molecule is COc1cccc(-c2cccc(NC(=O)C3CCCCN3CC(=O)N(C)C)c2)c1. The highest BCUT2D eigenvalue weighted by Crippen LogP contribution is 2.26. The van der Waals surface area contributed by atoms with E-state index in [1.54, 1.807) is 26.1 Å². The third-order valence-corrected chi connectivity index (χ3v) is 5.29. The van der Waals surface area contributed by atoms with Crippen LogP contribution in [0.4, 0.5) is 5.69 Å². The quantitative estimate of drug-likeness (QED) is 0.816. The number of carbonyl (C=O) groups excluding carboxylic acids is 2. The topological polar surface area (TPSA) is 61.9 Å². The van der Waals surface area contributed by atoms with Gasteiger partial charge in [0.15, 0.2) is 0 Å². The first kappa shape index (κ1) is 20.9. The number of ether oxygens (including phenoxy) is 1. The number of benzene rings is 2. The molecule has 0 aliphatic carbocycles. The molecule has 1 saturated heterocycles. The molecule has 0 bridgehead atoms. The van der Waals surface area contributed by atoms with Gasteiger partial charge < -0.3 is 15.0 Å². The predicted molar refractivity (Wildman–Crippen MR) is 115 cm³/mol. The van der Waals surface area contributed by atoms with E-state index in [0.29, 0.717) is 0 Å². The van der Waals surface area contributed by atoms with Crippen molar-refractivity contribution in [2.75, 3.05) is 39.6 Å². The van der Waals surface area contributed by atoms with E-state index >= 15 is 0 Å². The number of hydrogen-bond donors (Lipinski definition) is 1. The van der Waals surface area contributed by atoms with Gasteiger partial charge in [-0.15, -0.1) is 0 Å². The first-order valence-corrected chi connectivity index (χ1v) is 9.97. The van der Waals surface area contributed by atoms with Gasteiger partial charge >= 0.3 is 0 Å². The molecule has 6 heteroatoms. The van der Waals surface area contributed by atoms with Gasteiger partial charge in [-0.2, -0.15) is 0 Å². The predicted octanol–water partition coefficient (Wildman–Crippen LogP) is 3.24. The Morgan fingerprint density at radius 1 is 1.10 bits per heavy atom. The van der Waals surface area contributed by atoms with Crippen molar-refractivity contribution < 1.29 is 14.3 Å². The van der Waals surface area contributed by atoms with E-state index in [1.165, 1.54) is 0 Å². The first-order chi connectivity index (χ1) is 14.0. The summed E-state index contributed by atoms with van der Waals surface area (Å²) in [5, 5.41) is 3.05. The number of rotatable bonds is 6. The maximum absolute atomic E-state index is 13.0. The van der Waals surface area contributed by atoms with Crippen molar-refractivity contribution in [1.29, 1.82) is 0 Å². The first-order valence-electron chi connectivity index (χ1n) is 9.97. The largest absolute Gasteiger partial charge is 0.497 e. The minimum atomic E-state index is -0.284. The fraction of sp³-hybridized carbons (Fsp3) is 0.391. The summed E-state index contributed by atoms with van der Waals surface area (Å²) in [4.78, 5) is 28.7. The summed E-state index contributed by atoms with van der Waals surface area (Å²) in [6.45, 7) is 1.04. The van der Waals surface area contributed by atoms with E-state index < -0.39 is 0 Å². The molecular formula is C23H29N3O3. The molecule has 1 N–H and O–H groups in total. The Morgan fingerprint density at radius 2 is 1.83 bits per heavy atom. The molecule has 1 heterocycles. The lowest BCUT2D eigenvalue weighted by Crippen LogP contribution is -2.50. The molecule has 0 aromatic heterocycles. The Kier molecular flexibility index (Phi) is 6.88. The molecule has 2 amide bonds. The normalized spacial score (nSPS) is 16.9. The van der Waals surface area contributed by atoms with Crippen LogP contribution in [0.15, 0.2) is 48.5 Å². The highest BCUT2D eigenvalue weighted by molar-refractivity contribution is 5.95. The molecule has 0 saturated carbocycles. The highest BCUT2D eigenvalue weighted by atomic mass is 16.5. The zero-order chi connectivity index (χ0) is 20.8. The van der Waals surface area contributed by atoms with Gasteiger partial charge in [-0.1, -0.05) is 30.7 Å². The standard InChI is InChI=1S/C23H29N3O3/c1-25(2)22(27)16-26-13-5-4-12-21(26)23(28)24-19-10-6-8-17(14-19)18-9-7-11-20(15-18)29-3/h6-11,14-15,21H,4-5,12-13,16H2,1-3H3,(H,24,28). The zero-order valence-electron chi connectivity index (χ0n) is 17.4. The summed E-state index contributed by atoms with van der Waals surface area (Å²) in [7, 11) is 5.13. The van der Waals surface area contributed by atoms with Crippen molar-refractivity contribution in [3.05, 3.63) is 48.5 Å². The number of amides is 2. The molecule has 6 nitrogen and oxygen atoms in total. The van der Waals surface area contributed by atoms with Crippen LogP contribution in [0.25, 0.3) is 11.1 Å². The van der Waals surface area contributed by atoms with Gasteiger partial charge in [-0.3, -0.25) is 14.5 Å². The number of hydrogen-bond acceptors (Lipinski definition) is 4. The zero-order valence-corrected chi connectivity index (χ0v) is 17.4. The maximum Gasteiger partial charge on any atom is 0.241 e. The Hall–Kier alpha value is -2.86. The molecule has 1 fully saturated rings. The second kappa shape index (κ2) is 9.56. The number of nitrogens with zero attached hydrogens (tertiary/aromatic N) is 2. The molecule has 1 atom stereocenters. The van der Waals surface area contributed by atoms with Crippen molar-refractivity contribution in [2.24, 2.45) is 0 Å². The molecule has 0 spiro atoms. The van der Waals surface area contributed by atoms with Crippen LogP contribution in [0.5, 0.6) is 5.75 Å². The van der Waals surface area contributed by atoms with Crippen molar-refractivity contribution >= 4 is 17.5 Å². The molecule has 2 aromatic carbocycles. The lowest BCUT2D eigenvalue weighted by Gasteiger charge is -2.34. The van der Waals surface area contributed by atoms with Crippen LogP contribution < -0.4 is 10.1 Å². The number of anilines is 1. The summed E-state index contributed by atoms with van der Waals surface area (Å²) < 4.78 is 5.30. The molecular weight excluding hydrogens is 366 g/mol.